The molecule has 39 heavy (non-hydrogen) atoms. The summed E-state index contributed by atoms with van der Waals surface area (Å²) in [5.41, 5.74) is 5.56. The van der Waals surface area contributed by atoms with Crippen LogP contribution in [0.15, 0.2) is 51.9 Å². The SMILES string of the molecule is Cc1cc(-c2ccn(CC[C@](C)(C(=O)NOC3CCCCO3)S(C)(=O)=O)c(=O)c2)ccc1-c1cc(CO)no1. The molecule has 1 aliphatic rings. The maximum atomic E-state index is 12.9. The van der Waals surface area contributed by atoms with Crippen molar-refractivity contribution in [2.24, 2.45) is 0 Å². The third-order valence-corrected chi connectivity index (χ3v) is 9.12. The van der Waals surface area contributed by atoms with Crippen LogP contribution in [-0.2, 0) is 37.4 Å². The van der Waals surface area contributed by atoms with Gasteiger partial charge in [0.05, 0.1) is 6.61 Å². The van der Waals surface area contributed by atoms with Crippen LogP contribution in [0.3, 0.4) is 0 Å². The number of hydrogen-bond acceptors (Lipinski definition) is 9. The Bertz CT molecular complexity index is 1490. The second-order valence-electron chi connectivity index (χ2n) is 9.92. The molecule has 1 saturated heterocycles. The van der Waals surface area contributed by atoms with Crippen molar-refractivity contribution in [3.8, 4) is 22.5 Å². The quantitative estimate of drug-likeness (QED) is 0.357. The van der Waals surface area contributed by atoms with E-state index in [1.54, 1.807) is 18.3 Å². The molecule has 3 heterocycles. The molecule has 2 aromatic heterocycles. The van der Waals surface area contributed by atoms with Crippen LogP contribution >= 0.6 is 0 Å². The predicted octanol–water partition coefficient (Wildman–Crippen LogP) is 2.74. The first-order valence-corrected chi connectivity index (χ1v) is 14.6. The fraction of sp³-hybridized carbons (Fsp3) is 0.444. The number of aryl methyl sites for hydroxylation is 2. The highest BCUT2D eigenvalue weighted by Crippen LogP contribution is 2.29. The Kier molecular flexibility index (Phi) is 8.70. The zero-order chi connectivity index (χ0) is 28.2. The molecule has 2 atom stereocenters. The Balaban J connectivity index is 1.47. The molecule has 12 heteroatoms. The van der Waals surface area contributed by atoms with Gasteiger partial charge < -0.3 is 18.9 Å². The first-order chi connectivity index (χ1) is 18.5. The molecular weight excluding hydrogens is 526 g/mol. The van der Waals surface area contributed by atoms with Crippen LogP contribution in [0.2, 0.25) is 0 Å². The molecular formula is C27H33N3O8S. The fourth-order valence-corrected chi connectivity index (χ4v) is 5.18. The van der Waals surface area contributed by atoms with E-state index in [1.165, 1.54) is 17.6 Å². The zero-order valence-corrected chi connectivity index (χ0v) is 23.0. The van der Waals surface area contributed by atoms with Gasteiger partial charge in [-0.15, -0.1) is 0 Å². The molecule has 1 aliphatic heterocycles. The molecule has 1 amide bonds. The van der Waals surface area contributed by atoms with Gasteiger partial charge in [-0.25, -0.2) is 18.7 Å². The number of pyridine rings is 1. The number of amides is 1. The Morgan fingerprint density at radius 3 is 2.62 bits per heavy atom. The van der Waals surface area contributed by atoms with E-state index in [0.29, 0.717) is 30.0 Å². The number of sulfone groups is 1. The Labute approximate surface area is 226 Å². The van der Waals surface area contributed by atoms with Crippen molar-refractivity contribution < 1.29 is 32.4 Å². The number of benzene rings is 1. The van der Waals surface area contributed by atoms with E-state index < -0.39 is 26.8 Å². The van der Waals surface area contributed by atoms with Gasteiger partial charge in [-0.05, 0) is 55.9 Å². The maximum Gasteiger partial charge on any atom is 0.264 e. The van der Waals surface area contributed by atoms with Gasteiger partial charge >= 0.3 is 0 Å². The van der Waals surface area contributed by atoms with Crippen LogP contribution in [0.5, 0.6) is 0 Å². The predicted molar refractivity (Wildman–Crippen MR) is 143 cm³/mol. The number of rotatable bonds is 10. The third kappa shape index (κ3) is 6.47. The minimum absolute atomic E-state index is 0.00663. The van der Waals surface area contributed by atoms with Crippen LogP contribution < -0.4 is 11.0 Å². The number of aromatic nitrogens is 2. The summed E-state index contributed by atoms with van der Waals surface area (Å²) in [4.78, 5) is 31.1. The average molecular weight is 560 g/mol. The number of aliphatic hydroxyl groups is 1. The van der Waals surface area contributed by atoms with Crippen molar-refractivity contribution in [2.75, 3.05) is 12.9 Å². The van der Waals surface area contributed by atoms with Crippen molar-refractivity contribution in [1.29, 1.82) is 0 Å². The van der Waals surface area contributed by atoms with Gasteiger partial charge in [-0.2, -0.15) is 0 Å². The lowest BCUT2D eigenvalue weighted by Gasteiger charge is -2.28. The number of carbonyl (C=O) groups is 1. The Morgan fingerprint density at radius 2 is 2.00 bits per heavy atom. The maximum absolute atomic E-state index is 12.9. The minimum atomic E-state index is -3.86. The van der Waals surface area contributed by atoms with Gasteiger partial charge in [-0.3, -0.25) is 9.59 Å². The number of hydrogen-bond donors (Lipinski definition) is 2. The Morgan fingerprint density at radius 1 is 1.23 bits per heavy atom. The largest absolute Gasteiger partial charge is 0.390 e. The average Bonchev–Trinajstić information content (AvgIpc) is 3.39. The van der Waals surface area contributed by atoms with Crippen LogP contribution in [0.1, 0.15) is 43.9 Å². The fourth-order valence-electron chi connectivity index (χ4n) is 4.34. The first kappa shape index (κ1) is 28.7. The lowest BCUT2D eigenvalue weighted by molar-refractivity contribution is -0.201. The zero-order valence-electron chi connectivity index (χ0n) is 22.2. The van der Waals surface area contributed by atoms with Gasteiger partial charge in [0.1, 0.15) is 5.69 Å². The van der Waals surface area contributed by atoms with Crippen molar-refractivity contribution in [3.63, 3.8) is 0 Å². The molecule has 0 aliphatic carbocycles. The molecule has 11 nitrogen and oxygen atoms in total. The highest BCUT2D eigenvalue weighted by atomic mass is 32.2. The van der Waals surface area contributed by atoms with E-state index in [2.05, 4.69) is 10.6 Å². The van der Waals surface area contributed by atoms with E-state index in [1.807, 2.05) is 25.1 Å². The highest BCUT2D eigenvalue weighted by molar-refractivity contribution is 7.92. The second kappa shape index (κ2) is 11.8. The van der Waals surface area contributed by atoms with Crippen LogP contribution in [0.25, 0.3) is 22.5 Å². The molecule has 0 saturated carbocycles. The molecule has 1 fully saturated rings. The molecule has 3 aromatic rings. The standard InChI is InChI=1S/C27H33N3O8S/c1-18-14-19(7-8-22(18)23-16-21(17-31)28-37-23)20-9-11-30(24(32)15-20)12-10-27(2,39(3,34)35)26(33)29-38-25-6-4-5-13-36-25/h7-9,11,14-16,25,31H,4-6,10,12-13,17H2,1-3H3,(H,29,33)/t25?,27-/m1/s1. The monoisotopic (exact) mass is 559 g/mol. The van der Waals surface area contributed by atoms with E-state index in [9.17, 15) is 23.1 Å². The summed E-state index contributed by atoms with van der Waals surface area (Å²) >= 11 is 0. The molecule has 4 rings (SSSR count). The summed E-state index contributed by atoms with van der Waals surface area (Å²) in [6.07, 6.45) is 4.22. The van der Waals surface area contributed by atoms with Crippen LogP contribution in [-0.4, -0.2) is 53.1 Å². The molecule has 0 bridgehead atoms. The number of aliphatic hydroxyl groups excluding tert-OH is 1. The van der Waals surface area contributed by atoms with Crippen molar-refractivity contribution in [2.45, 2.75) is 63.7 Å². The normalized spacial score (nSPS) is 17.5. The number of ether oxygens (including phenoxy) is 1. The molecule has 0 radical (unpaired) electrons. The molecule has 0 spiro atoms. The van der Waals surface area contributed by atoms with Crippen LogP contribution in [0.4, 0.5) is 0 Å². The van der Waals surface area contributed by atoms with Gasteiger partial charge in [0.2, 0.25) is 0 Å². The van der Waals surface area contributed by atoms with Gasteiger partial charge in [0.15, 0.2) is 26.6 Å². The molecule has 1 aromatic carbocycles. The minimum Gasteiger partial charge on any atom is -0.390 e. The third-order valence-electron chi connectivity index (χ3n) is 7.09. The second-order valence-corrected chi connectivity index (χ2v) is 12.4. The number of nitrogens with one attached hydrogen (secondary N) is 1. The summed E-state index contributed by atoms with van der Waals surface area (Å²) in [6.45, 7) is 3.53. The van der Waals surface area contributed by atoms with Gasteiger partial charge in [0, 0.05) is 49.7 Å². The summed E-state index contributed by atoms with van der Waals surface area (Å²) in [6, 6.07) is 10.5. The molecule has 2 N–H and O–H groups in total. The molecule has 210 valence electrons. The lowest BCUT2D eigenvalue weighted by Crippen LogP contribution is -2.51. The highest BCUT2D eigenvalue weighted by Gasteiger charge is 2.44. The van der Waals surface area contributed by atoms with Crippen molar-refractivity contribution >= 4 is 15.7 Å². The van der Waals surface area contributed by atoms with Crippen molar-refractivity contribution in [1.82, 2.24) is 15.2 Å². The first-order valence-electron chi connectivity index (χ1n) is 12.7. The smallest absolute Gasteiger partial charge is 0.264 e. The molecule has 1 unspecified atom stereocenters. The van der Waals surface area contributed by atoms with E-state index in [0.717, 1.165) is 35.8 Å². The number of nitrogens with zero attached hydrogens (tertiary/aromatic N) is 2. The van der Waals surface area contributed by atoms with E-state index in [4.69, 9.17) is 14.1 Å². The topological polar surface area (TPSA) is 150 Å². The van der Waals surface area contributed by atoms with Crippen molar-refractivity contribution in [3.05, 3.63) is 64.2 Å². The van der Waals surface area contributed by atoms with E-state index in [-0.39, 0.29) is 25.1 Å². The lowest BCUT2D eigenvalue weighted by atomic mass is 9.99. The summed E-state index contributed by atoms with van der Waals surface area (Å²) in [7, 11) is -3.86. The van der Waals surface area contributed by atoms with Gasteiger partial charge in [0.25, 0.3) is 11.5 Å². The van der Waals surface area contributed by atoms with E-state index >= 15 is 0 Å². The summed E-state index contributed by atoms with van der Waals surface area (Å²) < 4.78 is 35.5. The van der Waals surface area contributed by atoms with Gasteiger partial charge in [-0.1, -0.05) is 23.4 Å². The Hall–Kier alpha value is -3.32. The number of hydroxylamine groups is 1. The van der Waals surface area contributed by atoms with Crippen LogP contribution in [0, 0.1) is 6.92 Å². The number of carbonyl (C=O) groups excluding carboxylic acids is 1. The summed E-state index contributed by atoms with van der Waals surface area (Å²) in [5.74, 6) is -0.273. The summed E-state index contributed by atoms with van der Waals surface area (Å²) in [5, 5.41) is 13.0.